The SMILES string of the molecule is CNC(CCc1ccc(OC)cc1)c1ncccn1. The Morgan fingerprint density at radius 1 is 1.16 bits per heavy atom. The van der Waals surface area contributed by atoms with Crippen molar-refractivity contribution in [2.45, 2.75) is 18.9 Å². The second kappa shape index (κ2) is 6.85. The summed E-state index contributed by atoms with van der Waals surface area (Å²) in [5, 5.41) is 3.26. The molecule has 0 saturated carbocycles. The summed E-state index contributed by atoms with van der Waals surface area (Å²) in [7, 11) is 3.62. The van der Waals surface area contributed by atoms with Crippen LogP contribution in [0.25, 0.3) is 0 Å². The van der Waals surface area contributed by atoms with Crippen molar-refractivity contribution in [2.75, 3.05) is 14.2 Å². The van der Waals surface area contributed by atoms with Crippen molar-refractivity contribution in [1.82, 2.24) is 15.3 Å². The minimum atomic E-state index is 0.184. The highest BCUT2D eigenvalue weighted by Crippen LogP contribution is 2.17. The number of aromatic nitrogens is 2. The molecule has 1 unspecified atom stereocenters. The van der Waals surface area contributed by atoms with Crippen molar-refractivity contribution in [2.24, 2.45) is 0 Å². The Morgan fingerprint density at radius 2 is 1.84 bits per heavy atom. The molecule has 100 valence electrons. The number of ether oxygens (including phenoxy) is 1. The molecule has 0 aliphatic heterocycles. The van der Waals surface area contributed by atoms with Crippen LogP contribution in [0.4, 0.5) is 0 Å². The molecule has 0 aliphatic carbocycles. The van der Waals surface area contributed by atoms with Crippen LogP contribution < -0.4 is 10.1 Å². The highest BCUT2D eigenvalue weighted by Gasteiger charge is 2.11. The predicted octanol–water partition coefficient (Wildman–Crippen LogP) is 2.38. The minimum absolute atomic E-state index is 0.184. The normalized spacial score (nSPS) is 12.1. The van der Waals surface area contributed by atoms with E-state index in [0.29, 0.717) is 0 Å². The van der Waals surface area contributed by atoms with E-state index in [2.05, 4.69) is 27.4 Å². The Morgan fingerprint density at radius 3 is 2.42 bits per heavy atom. The molecule has 1 N–H and O–H groups in total. The summed E-state index contributed by atoms with van der Waals surface area (Å²) < 4.78 is 5.15. The van der Waals surface area contributed by atoms with Crippen molar-refractivity contribution in [1.29, 1.82) is 0 Å². The third kappa shape index (κ3) is 3.76. The first-order valence-corrected chi connectivity index (χ1v) is 6.40. The molecule has 2 rings (SSSR count). The largest absolute Gasteiger partial charge is 0.497 e. The summed E-state index contributed by atoms with van der Waals surface area (Å²) in [6.45, 7) is 0. The highest BCUT2D eigenvalue weighted by atomic mass is 16.5. The van der Waals surface area contributed by atoms with E-state index in [1.165, 1.54) is 5.56 Å². The topological polar surface area (TPSA) is 47.0 Å². The number of hydrogen-bond acceptors (Lipinski definition) is 4. The first-order chi connectivity index (χ1) is 9.33. The van der Waals surface area contributed by atoms with Crippen LogP contribution in [0.15, 0.2) is 42.7 Å². The van der Waals surface area contributed by atoms with Gasteiger partial charge in [-0.3, -0.25) is 0 Å². The van der Waals surface area contributed by atoms with E-state index in [1.54, 1.807) is 19.5 Å². The van der Waals surface area contributed by atoms with Gasteiger partial charge < -0.3 is 10.1 Å². The molecule has 0 spiro atoms. The smallest absolute Gasteiger partial charge is 0.145 e. The van der Waals surface area contributed by atoms with Crippen LogP contribution >= 0.6 is 0 Å². The van der Waals surface area contributed by atoms with Crippen LogP contribution in [0.1, 0.15) is 23.9 Å². The predicted molar refractivity (Wildman–Crippen MR) is 75.1 cm³/mol. The van der Waals surface area contributed by atoms with Crippen LogP contribution in [0, 0.1) is 0 Å². The van der Waals surface area contributed by atoms with E-state index in [-0.39, 0.29) is 6.04 Å². The van der Waals surface area contributed by atoms with E-state index >= 15 is 0 Å². The summed E-state index contributed by atoms with van der Waals surface area (Å²) in [5.41, 5.74) is 1.29. The summed E-state index contributed by atoms with van der Waals surface area (Å²) in [5.74, 6) is 1.74. The fourth-order valence-corrected chi connectivity index (χ4v) is 2.00. The fraction of sp³-hybridized carbons (Fsp3) is 0.333. The van der Waals surface area contributed by atoms with Gasteiger partial charge in [0.15, 0.2) is 0 Å². The summed E-state index contributed by atoms with van der Waals surface area (Å²) in [4.78, 5) is 8.59. The van der Waals surface area contributed by atoms with Crippen LogP contribution in [0.3, 0.4) is 0 Å². The number of benzene rings is 1. The molecule has 0 saturated heterocycles. The highest BCUT2D eigenvalue weighted by molar-refractivity contribution is 5.27. The Balaban J connectivity index is 1.96. The van der Waals surface area contributed by atoms with E-state index in [4.69, 9.17) is 4.74 Å². The third-order valence-corrected chi connectivity index (χ3v) is 3.13. The van der Waals surface area contributed by atoms with Crippen molar-refractivity contribution in [3.05, 3.63) is 54.1 Å². The van der Waals surface area contributed by atoms with Crippen molar-refractivity contribution in [3.63, 3.8) is 0 Å². The van der Waals surface area contributed by atoms with Crippen LogP contribution in [-0.2, 0) is 6.42 Å². The van der Waals surface area contributed by atoms with E-state index in [1.807, 2.05) is 25.2 Å². The number of methoxy groups -OCH3 is 1. The molecule has 0 fully saturated rings. The van der Waals surface area contributed by atoms with Crippen molar-refractivity contribution in [3.8, 4) is 5.75 Å². The van der Waals surface area contributed by atoms with Gasteiger partial charge in [-0.05, 0) is 43.7 Å². The van der Waals surface area contributed by atoms with Gasteiger partial charge in [-0.15, -0.1) is 0 Å². The summed E-state index contributed by atoms with van der Waals surface area (Å²) >= 11 is 0. The van der Waals surface area contributed by atoms with E-state index in [0.717, 1.165) is 24.4 Å². The number of aryl methyl sites for hydroxylation is 1. The first-order valence-electron chi connectivity index (χ1n) is 6.40. The molecular formula is C15H19N3O. The van der Waals surface area contributed by atoms with Gasteiger partial charge in [-0.1, -0.05) is 12.1 Å². The molecule has 4 heteroatoms. The molecule has 19 heavy (non-hydrogen) atoms. The van der Waals surface area contributed by atoms with Gasteiger partial charge in [-0.2, -0.15) is 0 Å². The second-order valence-electron chi connectivity index (χ2n) is 4.34. The molecular weight excluding hydrogens is 238 g/mol. The maximum Gasteiger partial charge on any atom is 0.145 e. The quantitative estimate of drug-likeness (QED) is 0.863. The van der Waals surface area contributed by atoms with E-state index < -0.39 is 0 Å². The lowest BCUT2D eigenvalue weighted by Crippen LogP contribution is -2.19. The standard InChI is InChI=1S/C15H19N3O/c1-16-14(15-17-10-3-11-18-15)9-6-12-4-7-13(19-2)8-5-12/h3-5,7-8,10-11,14,16H,6,9H2,1-2H3. The van der Waals surface area contributed by atoms with Gasteiger partial charge in [0.05, 0.1) is 13.2 Å². The molecule has 0 aliphatic rings. The van der Waals surface area contributed by atoms with Crippen LogP contribution in [0.2, 0.25) is 0 Å². The van der Waals surface area contributed by atoms with Gasteiger partial charge in [0.2, 0.25) is 0 Å². The molecule has 1 aromatic carbocycles. The molecule has 1 heterocycles. The van der Waals surface area contributed by atoms with Crippen LogP contribution in [-0.4, -0.2) is 24.1 Å². The molecule has 0 bridgehead atoms. The van der Waals surface area contributed by atoms with Crippen molar-refractivity contribution >= 4 is 0 Å². The van der Waals surface area contributed by atoms with Gasteiger partial charge in [0.1, 0.15) is 11.6 Å². The number of nitrogens with one attached hydrogen (secondary N) is 1. The zero-order valence-electron chi connectivity index (χ0n) is 11.3. The Bertz CT molecular complexity index is 485. The van der Waals surface area contributed by atoms with Crippen molar-refractivity contribution < 1.29 is 4.74 Å². The molecule has 4 nitrogen and oxygen atoms in total. The Kier molecular flexibility index (Phi) is 4.86. The molecule has 0 amide bonds. The number of nitrogens with zero attached hydrogens (tertiary/aromatic N) is 2. The third-order valence-electron chi connectivity index (χ3n) is 3.13. The Labute approximate surface area is 113 Å². The maximum absolute atomic E-state index is 5.15. The lowest BCUT2D eigenvalue weighted by atomic mass is 10.0. The second-order valence-corrected chi connectivity index (χ2v) is 4.34. The average molecular weight is 257 g/mol. The minimum Gasteiger partial charge on any atom is -0.497 e. The van der Waals surface area contributed by atoms with Gasteiger partial charge in [0.25, 0.3) is 0 Å². The lowest BCUT2D eigenvalue weighted by Gasteiger charge is -2.14. The Hall–Kier alpha value is -1.94. The molecule has 2 aromatic rings. The fourth-order valence-electron chi connectivity index (χ4n) is 2.00. The maximum atomic E-state index is 5.15. The molecule has 1 aromatic heterocycles. The zero-order valence-corrected chi connectivity index (χ0v) is 11.3. The lowest BCUT2D eigenvalue weighted by molar-refractivity contribution is 0.414. The van der Waals surface area contributed by atoms with E-state index in [9.17, 15) is 0 Å². The molecule has 0 radical (unpaired) electrons. The monoisotopic (exact) mass is 257 g/mol. The number of rotatable bonds is 6. The average Bonchev–Trinajstić information content (AvgIpc) is 2.49. The van der Waals surface area contributed by atoms with Gasteiger partial charge in [0, 0.05) is 12.4 Å². The summed E-state index contributed by atoms with van der Waals surface area (Å²) in [6, 6.07) is 10.2. The zero-order chi connectivity index (χ0) is 13.5. The summed E-state index contributed by atoms with van der Waals surface area (Å²) in [6.07, 6.45) is 5.50. The van der Waals surface area contributed by atoms with Crippen LogP contribution in [0.5, 0.6) is 5.75 Å². The molecule has 1 atom stereocenters. The first kappa shape index (κ1) is 13.5. The van der Waals surface area contributed by atoms with Gasteiger partial charge >= 0.3 is 0 Å². The van der Waals surface area contributed by atoms with Gasteiger partial charge in [-0.25, -0.2) is 9.97 Å². The number of hydrogen-bond donors (Lipinski definition) is 1.